The molecule has 0 saturated carbocycles. The van der Waals surface area contributed by atoms with E-state index in [1.165, 1.54) is 24.3 Å². The molecule has 0 atom stereocenters. The minimum Gasteiger partial charge on any atom is -0.805 e. The molecule has 0 amide bonds. The van der Waals surface area contributed by atoms with Crippen molar-refractivity contribution in [2.75, 3.05) is 0 Å². The second kappa shape index (κ2) is 3.95. The number of benzene rings is 1. The molecule has 1 aromatic heterocycles. The van der Waals surface area contributed by atoms with Crippen molar-refractivity contribution in [2.45, 2.75) is 6.92 Å². The molecular formula is C11H8N2O5. The van der Waals surface area contributed by atoms with E-state index in [0.717, 1.165) is 6.92 Å². The van der Waals surface area contributed by atoms with Crippen LogP contribution in [-0.4, -0.2) is 21.6 Å². The number of carbonyl (C=O) groups is 2. The van der Waals surface area contributed by atoms with Gasteiger partial charge in [-0.3, -0.25) is 4.79 Å². The van der Waals surface area contributed by atoms with E-state index in [9.17, 15) is 19.7 Å². The molecule has 0 fully saturated rings. The number of hydrogen-bond acceptors (Lipinski definition) is 4. The molecule has 18 heavy (non-hydrogen) atoms. The van der Waals surface area contributed by atoms with Crippen molar-refractivity contribution in [2.24, 2.45) is 0 Å². The van der Waals surface area contributed by atoms with Crippen molar-refractivity contribution in [3.05, 3.63) is 45.8 Å². The predicted molar refractivity (Wildman–Crippen MR) is 61.0 cm³/mol. The summed E-state index contributed by atoms with van der Waals surface area (Å²) < 4.78 is 0.262. The number of aromatic nitrogens is 2. The van der Waals surface area contributed by atoms with Gasteiger partial charge < -0.3 is 15.0 Å². The molecule has 1 N–H and O–H groups in total. The van der Waals surface area contributed by atoms with Gasteiger partial charge in [0.05, 0.1) is 4.43 Å². The number of carbonyl (C=O) groups excluding carboxylic acids is 1. The highest BCUT2D eigenvalue weighted by Crippen LogP contribution is 2.14. The average molecular weight is 248 g/mol. The number of rotatable bonds is 2. The summed E-state index contributed by atoms with van der Waals surface area (Å²) in [5.74, 6) is -2.40. The first-order valence-electron chi connectivity index (χ1n) is 4.97. The highest BCUT2D eigenvalue weighted by Gasteiger charge is 2.30. The fraction of sp³-hybridized carbons (Fsp3) is 0.0909. The van der Waals surface area contributed by atoms with Crippen LogP contribution in [0.25, 0.3) is 11.0 Å². The summed E-state index contributed by atoms with van der Waals surface area (Å²) in [6.07, 6.45) is 0. The van der Waals surface area contributed by atoms with E-state index in [1.54, 1.807) is 0 Å². The van der Waals surface area contributed by atoms with E-state index in [1.807, 2.05) is 0 Å². The number of hydrogen-bond donors (Lipinski definition) is 1. The van der Waals surface area contributed by atoms with Crippen LogP contribution in [-0.2, 0) is 0 Å². The average Bonchev–Trinajstić information content (AvgIpc) is 2.32. The van der Waals surface area contributed by atoms with Crippen LogP contribution >= 0.6 is 0 Å². The maximum atomic E-state index is 11.9. The molecule has 7 heteroatoms. The third-order valence-corrected chi connectivity index (χ3v) is 2.49. The third kappa shape index (κ3) is 1.53. The second-order valence-corrected chi connectivity index (χ2v) is 3.64. The van der Waals surface area contributed by atoms with Crippen molar-refractivity contribution >= 4 is 22.8 Å². The van der Waals surface area contributed by atoms with Gasteiger partial charge >= 0.3 is 11.7 Å². The lowest BCUT2D eigenvalue weighted by Crippen LogP contribution is -2.32. The highest BCUT2D eigenvalue weighted by molar-refractivity contribution is 6.02. The van der Waals surface area contributed by atoms with E-state index in [2.05, 4.69) is 0 Å². The van der Waals surface area contributed by atoms with E-state index in [-0.39, 0.29) is 20.2 Å². The van der Waals surface area contributed by atoms with E-state index in [4.69, 9.17) is 5.11 Å². The van der Waals surface area contributed by atoms with E-state index < -0.39 is 23.1 Å². The number of Topliss-reactive ketones (excluding diaryl/α,β-unsaturated/α-hetero) is 1. The molecule has 7 nitrogen and oxygen atoms in total. The Hall–Kier alpha value is -2.70. The van der Waals surface area contributed by atoms with E-state index >= 15 is 0 Å². The van der Waals surface area contributed by atoms with E-state index in [0.29, 0.717) is 0 Å². The first-order chi connectivity index (χ1) is 8.45. The van der Waals surface area contributed by atoms with Gasteiger partial charge in [0.15, 0.2) is 0 Å². The molecule has 2 aromatic rings. The smallest absolute Gasteiger partial charge is 0.359 e. The summed E-state index contributed by atoms with van der Waals surface area (Å²) in [5.41, 5.74) is -1.69. The SMILES string of the molecule is CC(=O)c1c(C(=O)O)n([O-])c2ccccc2[n+]1=O. The molecule has 92 valence electrons. The second-order valence-electron chi connectivity index (χ2n) is 3.64. The molecule has 1 aromatic carbocycles. The number of aromatic carboxylic acids is 1. The normalized spacial score (nSPS) is 10.5. The van der Waals surface area contributed by atoms with Crippen LogP contribution < -0.4 is 4.43 Å². The lowest BCUT2D eigenvalue weighted by molar-refractivity contribution is -0.468. The number of carboxylic acids is 1. The Labute approximate surface area is 100 Å². The van der Waals surface area contributed by atoms with Crippen LogP contribution in [0.15, 0.2) is 24.3 Å². The Morgan fingerprint density at radius 3 is 2.50 bits per heavy atom. The predicted octanol–water partition coefficient (Wildman–Crippen LogP) is 0.802. The molecule has 2 rings (SSSR count). The minimum absolute atomic E-state index is 0.0531. The van der Waals surface area contributed by atoms with Crippen molar-refractivity contribution in [3.63, 3.8) is 0 Å². The number of para-hydroxylation sites is 2. The molecule has 1 heterocycles. The highest BCUT2D eigenvalue weighted by atomic mass is 16.5. The lowest BCUT2D eigenvalue weighted by Gasteiger charge is -2.15. The van der Waals surface area contributed by atoms with Gasteiger partial charge in [-0.05, 0) is 6.07 Å². The molecule has 0 bridgehead atoms. The number of ketones is 1. The molecule has 0 aliphatic carbocycles. The van der Waals surface area contributed by atoms with Crippen LogP contribution in [0, 0.1) is 10.1 Å². The van der Waals surface area contributed by atoms with Crippen molar-refractivity contribution in [3.8, 4) is 0 Å². The van der Waals surface area contributed by atoms with Gasteiger partial charge in [0.2, 0.25) is 11.5 Å². The van der Waals surface area contributed by atoms with Gasteiger partial charge in [-0.25, -0.2) is 4.79 Å². The van der Waals surface area contributed by atoms with Gasteiger partial charge in [0, 0.05) is 17.9 Å². The fourth-order valence-corrected chi connectivity index (χ4v) is 1.74. The largest absolute Gasteiger partial charge is 0.805 e. The maximum Gasteiger partial charge on any atom is 0.359 e. The third-order valence-electron chi connectivity index (χ3n) is 2.49. The number of nitrogens with zero attached hydrogens (tertiary/aromatic N) is 2. The molecule has 0 aliphatic heterocycles. The Kier molecular flexibility index (Phi) is 2.59. The Morgan fingerprint density at radius 2 is 1.94 bits per heavy atom. The summed E-state index contributed by atoms with van der Waals surface area (Å²) in [5, 5.41) is 20.8. The van der Waals surface area contributed by atoms with Crippen molar-refractivity contribution in [1.29, 1.82) is 0 Å². The van der Waals surface area contributed by atoms with Gasteiger partial charge in [-0.2, -0.15) is 0 Å². The summed E-state index contributed by atoms with van der Waals surface area (Å²) in [4.78, 5) is 34.3. The first kappa shape index (κ1) is 11.8. The zero-order valence-corrected chi connectivity index (χ0v) is 9.28. The summed E-state index contributed by atoms with van der Waals surface area (Å²) in [7, 11) is 0. The zero-order chi connectivity index (χ0) is 13.4. The molecule has 0 saturated heterocycles. The van der Waals surface area contributed by atoms with Gasteiger partial charge in [0.25, 0.3) is 5.52 Å². The molecule has 0 radical (unpaired) electrons. The van der Waals surface area contributed by atoms with Gasteiger partial charge in [-0.15, -0.1) is 0 Å². The summed E-state index contributed by atoms with van der Waals surface area (Å²) in [6.45, 7) is 1.03. The standard InChI is InChI=1S/C11H8N2O5/c1-6(14)9-10(11(15)16)13(18)8-5-3-2-4-7(8)12(9)17/h2-5H,1H3,(H,15,16). The fourth-order valence-electron chi connectivity index (χ4n) is 1.74. The Balaban J connectivity index is 3.11. The molecule has 0 spiro atoms. The van der Waals surface area contributed by atoms with Gasteiger partial charge in [0.1, 0.15) is 5.52 Å². The van der Waals surface area contributed by atoms with Crippen LogP contribution in [0.2, 0.25) is 0 Å². The quantitative estimate of drug-likeness (QED) is 0.625. The topological polar surface area (TPSA) is 105 Å². The molecular weight excluding hydrogens is 240 g/mol. The lowest BCUT2D eigenvalue weighted by atomic mass is 10.2. The van der Waals surface area contributed by atoms with Crippen LogP contribution in [0.1, 0.15) is 27.9 Å². The minimum atomic E-state index is -1.62. The molecule has 0 aliphatic rings. The molecule has 0 unspecified atom stereocenters. The first-order valence-corrected chi connectivity index (χ1v) is 4.97. The van der Waals surface area contributed by atoms with Crippen LogP contribution in [0.4, 0.5) is 0 Å². The van der Waals surface area contributed by atoms with Crippen molar-refractivity contribution < 1.29 is 19.1 Å². The number of fused-ring (bicyclic) bond motifs is 1. The zero-order valence-electron chi connectivity index (χ0n) is 9.28. The Bertz CT molecular complexity index is 732. The maximum absolute atomic E-state index is 11.9. The Morgan fingerprint density at radius 1 is 1.33 bits per heavy atom. The summed E-state index contributed by atoms with van der Waals surface area (Å²) in [6, 6.07) is 5.67. The number of carboxylic acid groups (broad SMARTS) is 1. The van der Waals surface area contributed by atoms with Crippen LogP contribution in [0.3, 0.4) is 0 Å². The van der Waals surface area contributed by atoms with Crippen molar-refractivity contribution in [1.82, 2.24) is 4.73 Å². The van der Waals surface area contributed by atoms with Crippen LogP contribution in [0.5, 0.6) is 0 Å². The van der Waals surface area contributed by atoms with Gasteiger partial charge in [-0.1, -0.05) is 12.1 Å². The monoisotopic (exact) mass is 248 g/mol. The summed E-state index contributed by atoms with van der Waals surface area (Å²) >= 11 is 0.